The monoisotopic (exact) mass is 258 g/mol. The topological polar surface area (TPSA) is 41.1 Å². The van der Waals surface area contributed by atoms with Crippen molar-refractivity contribution in [1.29, 1.82) is 0 Å². The lowest BCUT2D eigenvalue weighted by atomic mass is 10.0. The van der Waals surface area contributed by atoms with Crippen LogP contribution in [0.5, 0.6) is 0 Å². The molecule has 98 valence electrons. The van der Waals surface area contributed by atoms with E-state index in [1.165, 1.54) is 0 Å². The van der Waals surface area contributed by atoms with E-state index in [0.717, 1.165) is 37.4 Å². The minimum absolute atomic E-state index is 0.206. The summed E-state index contributed by atoms with van der Waals surface area (Å²) >= 11 is 0. The first kappa shape index (κ1) is 12.9. The summed E-state index contributed by atoms with van der Waals surface area (Å²) in [5.41, 5.74) is -0.506. The average molecular weight is 258 g/mol. The van der Waals surface area contributed by atoms with Crippen LogP contribution in [-0.4, -0.2) is 25.5 Å². The highest BCUT2D eigenvalue weighted by atomic mass is 19.3. The minimum atomic E-state index is -3.63. The second-order valence-electron chi connectivity index (χ2n) is 4.32. The molecule has 1 aliphatic rings. The Morgan fingerprint density at radius 1 is 1.33 bits per heavy atom. The molecule has 1 amide bonds. The van der Waals surface area contributed by atoms with Gasteiger partial charge in [0.2, 0.25) is 0 Å². The molecule has 3 nitrogen and oxygen atoms in total. The number of benzene rings is 1. The molecule has 0 saturated carbocycles. The van der Waals surface area contributed by atoms with Crippen LogP contribution in [0.25, 0.3) is 0 Å². The number of carbonyl (C=O) groups excluding carboxylic acids is 1. The van der Waals surface area contributed by atoms with E-state index in [1.807, 2.05) is 0 Å². The molecule has 1 aromatic rings. The van der Waals surface area contributed by atoms with Gasteiger partial charge < -0.3 is 10.6 Å². The molecular weight excluding hydrogens is 245 g/mol. The molecule has 0 bridgehead atoms. The largest absolute Gasteiger partial charge is 0.350 e. The predicted molar refractivity (Wildman–Crippen MR) is 59.7 cm³/mol. The number of alkyl halides is 2. The average Bonchev–Trinajstić information content (AvgIpc) is 2.27. The van der Waals surface area contributed by atoms with Gasteiger partial charge in [-0.15, -0.1) is 0 Å². The number of hydrogen-bond donors (Lipinski definition) is 2. The van der Waals surface area contributed by atoms with Crippen LogP contribution in [0.1, 0.15) is 5.56 Å². The highest BCUT2D eigenvalue weighted by molar-refractivity contribution is 5.84. The fourth-order valence-electron chi connectivity index (χ4n) is 1.63. The number of halogens is 3. The fraction of sp³-hybridized carbons (Fsp3) is 0.417. The van der Waals surface area contributed by atoms with Crippen molar-refractivity contribution in [3.63, 3.8) is 0 Å². The summed E-state index contributed by atoms with van der Waals surface area (Å²) in [6.45, 7) is 1.67. The van der Waals surface area contributed by atoms with E-state index in [4.69, 9.17) is 0 Å². The van der Waals surface area contributed by atoms with Gasteiger partial charge >= 0.3 is 5.92 Å². The van der Waals surface area contributed by atoms with Crippen molar-refractivity contribution in [2.45, 2.75) is 5.92 Å². The Morgan fingerprint density at radius 2 is 1.94 bits per heavy atom. The van der Waals surface area contributed by atoms with Crippen LogP contribution in [0.4, 0.5) is 13.2 Å². The molecule has 1 fully saturated rings. The third-order valence-electron chi connectivity index (χ3n) is 2.91. The molecule has 1 heterocycles. The minimum Gasteiger partial charge on any atom is -0.350 e. The van der Waals surface area contributed by atoms with Crippen LogP contribution in [0, 0.1) is 11.7 Å². The maximum absolute atomic E-state index is 13.7. The molecule has 1 saturated heterocycles. The van der Waals surface area contributed by atoms with E-state index in [2.05, 4.69) is 10.6 Å². The molecule has 6 heteroatoms. The highest BCUT2D eigenvalue weighted by Crippen LogP contribution is 2.28. The van der Waals surface area contributed by atoms with Gasteiger partial charge in [0.1, 0.15) is 5.82 Å². The van der Waals surface area contributed by atoms with E-state index >= 15 is 0 Å². The van der Waals surface area contributed by atoms with Gasteiger partial charge in [0.15, 0.2) is 0 Å². The fourth-order valence-corrected chi connectivity index (χ4v) is 1.63. The van der Waals surface area contributed by atoms with Gasteiger partial charge in [-0.1, -0.05) is 0 Å². The number of amides is 1. The molecule has 2 N–H and O–H groups in total. The Balaban J connectivity index is 1.99. The van der Waals surface area contributed by atoms with Gasteiger partial charge in [0.05, 0.1) is 0 Å². The Bertz CT molecular complexity index is 429. The molecule has 0 atom stereocenters. The molecule has 18 heavy (non-hydrogen) atoms. The molecule has 0 unspecified atom stereocenters. The molecule has 1 aliphatic heterocycles. The van der Waals surface area contributed by atoms with Crippen molar-refractivity contribution in [3.05, 3.63) is 35.6 Å². The number of nitrogens with one attached hydrogen (secondary N) is 2. The normalized spacial score (nSPS) is 16.2. The first-order valence-corrected chi connectivity index (χ1v) is 5.63. The lowest BCUT2D eigenvalue weighted by Crippen LogP contribution is -2.50. The van der Waals surface area contributed by atoms with Crippen molar-refractivity contribution in [3.8, 4) is 0 Å². The lowest BCUT2D eigenvalue weighted by molar-refractivity contribution is -0.147. The zero-order valence-corrected chi connectivity index (χ0v) is 9.55. The molecule has 2 rings (SSSR count). The van der Waals surface area contributed by atoms with Gasteiger partial charge in [-0.3, -0.25) is 4.79 Å². The van der Waals surface area contributed by atoms with Crippen molar-refractivity contribution in [1.82, 2.24) is 10.6 Å². The first-order chi connectivity index (χ1) is 8.50. The van der Waals surface area contributed by atoms with E-state index in [-0.39, 0.29) is 12.5 Å². The third-order valence-corrected chi connectivity index (χ3v) is 2.91. The second-order valence-corrected chi connectivity index (χ2v) is 4.32. The Morgan fingerprint density at radius 3 is 2.44 bits per heavy atom. The Labute approximate surface area is 102 Å². The summed E-state index contributed by atoms with van der Waals surface area (Å²) < 4.78 is 40.0. The van der Waals surface area contributed by atoms with Crippen LogP contribution in [0.3, 0.4) is 0 Å². The highest BCUT2D eigenvalue weighted by Gasteiger charge is 2.41. The van der Waals surface area contributed by atoms with Crippen LogP contribution in [0.15, 0.2) is 24.3 Å². The summed E-state index contributed by atoms with van der Waals surface area (Å²) in [5, 5.41) is 5.20. The maximum Gasteiger partial charge on any atom is 0.349 e. The zero-order valence-electron chi connectivity index (χ0n) is 9.55. The zero-order chi connectivity index (χ0) is 13.2. The van der Waals surface area contributed by atoms with Crippen LogP contribution < -0.4 is 10.6 Å². The molecule has 0 aliphatic carbocycles. The van der Waals surface area contributed by atoms with Gasteiger partial charge in [0.25, 0.3) is 5.91 Å². The van der Waals surface area contributed by atoms with E-state index in [1.54, 1.807) is 0 Å². The van der Waals surface area contributed by atoms with Crippen LogP contribution in [-0.2, 0) is 10.7 Å². The van der Waals surface area contributed by atoms with Gasteiger partial charge in [0, 0.05) is 31.1 Å². The molecule has 0 aromatic heterocycles. The van der Waals surface area contributed by atoms with Crippen molar-refractivity contribution in [2.24, 2.45) is 5.92 Å². The van der Waals surface area contributed by atoms with E-state index in [9.17, 15) is 18.0 Å². The molecule has 0 radical (unpaired) electrons. The van der Waals surface area contributed by atoms with E-state index in [0.29, 0.717) is 0 Å². The second kappa shape index (κ2) is 4.97. The summed E-state index contributed by atoms with van der Waals surface area (Å²) in [6, 6.07) is 3.65. The summed E-state index contributed by atoms with van der Waals surface area (Å²) in [5.74, 6) is -5.39. The molecule has 1 aromatic carbocycles. The first-order valence-electron chi connectivity index (χ1n) is 5.63. The number of rotatable bonds is 4. The van der Waals surface area contributed by atoms with Crippen LogP contribution >= 0.6 is 0 Å². The Hall–Kier alpha value is -1.56. The van der Waals surface area contributed by atoms with Gasteiger partial charge in [-0.2, -0.15) is 8.78 Å². The van der Waals surface area contributed by atoms with E-state index < -0.39 is 23.2 Å². The van der Waals surface area contributed by atoms with Gasteiger partial charge in [-0.25, -0.2) is 4.39 Å². The third kappa shape index (κ3) is 2.64. The van der Waals surface area contributed by atoms with Crippen LogP contribution in [0.2, 0.25) is 0 Å². The van der Waals surface area contributed by atoms with Gasteiger partial charge in [-0.05, 0) is 24.3 Å². The van der Waals surface area contributed by atoms with Crippen molar-refractivity contribution < 1.29 is 18.0 Å². The molecule has 0 spiro atoms. The quantitative estimate of drug-likeness (QED) is 0.853. The predicted octanol–water partition coefficient (Wildman–Crippen LogP) is 1.25. The summed E-state index contributed by atoms with van der Waals surface area (Å²) in [6.07, 6.45) is 0. The summed E-state index contributed by atoms with van der Waals surface area (Å²) in [7, 11) is 0. The smallest absolute Gasteiger partial charge is 0.349 e. The Kier molecular flexibility index (Phi) is 3.56. The van der Waals surface area contributed by atoms with Crippen molar-refractivity contribution in [2.75, 3.05) is 19.6 Å². The number of carbonyl (C=O) groups is 1. The lowest BCUT2D eigenvalue weighted by Gasteiger charge is -2.28. The SMILES string of the molecule is O=C(NCC1CNC1)C(F)(F)c1ccc(F)cc1. The number of hydrogen-bond acceptors (Lipinski definition) is 2. The summed E-state index contributed by atoms with van der Waals surface area (Å²) in [4.78, 5) is 11.4. The molecular formula is C12H13F3N2O. The standard InChI is InChI=1S/C12H13F3N2O/c13-10-3-1-9(2-4-10)12(14,15)11(18)17-7-8-5-16-6-8/h1-4,8,16H,5-7H2,(H,17,18). The maximum atomic E-state index is 13.7. The van der Waals surface area contributed by atoms with Crippen molar-refractivity contribution >= 4 is 5.91 Å².